The highest BCUT2D eigenvalue weighted by molar-refractivity contribution is 6.42. The van der Waals surface area contributed by atoms with Gasteiger partial charge < -0.3 is 4.90 Å². The van der Waals surface area contributed by atoms with Crippen molar-refractivity contribution >= 4 is 52.2 Å². The van der Waals surface area contributed by atoms with Gasteiger partial charge in [0.1, 0.15) is 0 Å². The number of rotatable bonds is 6. The molecule has 1 N–H and O–H groups in total. The highest BCUT2D eigenvalue weighted by Gasteiger charge is 2.11. The molecular formula is C25H19Cl2N3. The van der Waals surface area contributed by atoms with Crippen molar-refractivity contribution in [2.24, 2.45) is 5.10 Å². The maximum Gasteiger partial charge on any atom is 0.0613 e. The van der Waals surface area contributed by atoms with E-state index >= 15 is 0 Å². The molecule has 0 aliphatic heterocycles. The molecule has 0 saturated heterocycles. The summed E-state index contributed by atoms with van der Waals surface area (Å²) in [5.74, 6) is 0. The van der Waals surface area contributed by atoms with E-state index in [0.717, 1.165) is 28.3 Å². The number of anilines is 4. The Balaban J connectivity index is 1.54. The molecule has 0 fully saturated rings. The number of nitrogens with one attached hydrogen (secondary N) is 1. The molecule has 0 saturated carbocycles. The van der Waals surface area contributed by atoms with Crippen molar-refractivity contribution in [3.05, 3.63) is 119 Å². The topological polar surface area (TPSA) is 27.6 Å². The monoisotopic (exact) mass is 431 g/mol. The van der Waals surface area contributed by atoms with Crippen LogP contribution in [0.5, 0.6) is 0 Å². The second kappa shape index (κ2) is 9.49. The van der Waals surface area contributed by atoms with Crippen molar-refractivity contribution in [3.63, 3.8) is 0 Å². The molecule has 0 radical (unpaired) electrons. The predicted molar refractivity (Wildman–Crippen MR) is 129 cm³/mol. The van der Waals surface area contributed by atoms with E-state index in [0.29, 0.717) is 10.0 Å². The Labute approximate surface area is 186 Å². The van der Waals surface area contributed by atoms with E-state index in [1.807, 2.05) is 54.6 Å². The average Bonchev–Trinajstić information content (AvgIpc) is 2.79. The smallest absolute Gasteiger partial charge is 0.0613 e. The van der Waals surface area contributed by atoms with Crippen molar-refractivity contribution < 1.29 is 0 Å². The second-order valence-corrected chi connectivity index (χ2v) is 7.41. The largest absolute Gasteiger partial charge is 0.311 e. The lowest BCUT2D eigenvalue weighted by Crippen LogP contribution is -2.09. The van der Waals surface area contributed by atoms with Crippen LogP contribution in [-0.2, 0) is 0 Å². The molecule has 0 unspecified atom stereocenters. The third-order valence-electron chi connectivity index (χ3n) is 4.51. The van der Waals surface area contributed by atoms with Gasteiger partial charge in [-0.3, -0.25) is 5.43 Å². The zero-order valence-electron chi connectivity index (χ0n) is 16.0. The zero-order valence-corrected chi connectivity index (χ0v) is 17.6. The SMILES string of the molecule is Clc1ccc(N/N=C\c2ccc(N(c3ccccc3)c3ccccc3)cc2)cc1Cl. The van der Waals surface area contributed by atoms with Gasteiger partial charge in [-0.25, -0.2) is 0 Å². The van der Waals surface area contributed by atoms with E-state index in [9.17, 15) is 0 Å². The zero-order chi connectivity index (χ0) is 20.8. The molecule has 0 bridgehead atoms. The summed E-state index contributed by atoms with van der Waals surface area (Å²) >= 11 is 12.0. The number of nitrogens with zero attached hydrogens (tertiary/aromatic N) is 2. The van der Waals surface area contributed by atoms with E-state index in [-0.39, 0.29) is 0 Å². The molecular weight excluding hydrogens is 413 g/mol. The first-order valence-corrected chi connectivity index (χ1v) is 10.2. The van der Waals surface area contributed by atoms with Crippen LogP contribution in [0.25, 0.3) is 0 Å². The maximum atomic E-state index is 6.03. The molecule has 30 heavy (non-hydrogen) atoms. The Bertz CT molecular complexity index is 1090. The van der Waals surface area contributed by atoms with Gasteiger partial charge in [0.2, 0.25) is 0 Å². The molecule has 0 spiro atoms. The molecule has 4 rings (SSSR count). The standard InChI is InChI=1S/C25H19Cl2N3/c26-24-16-13-20(17-25(24)27)29-28-18-19-11-14-23(15-12-19)30(21-7-3-1-4-8-21)22-9-5-2-6-10-22/h1-18,29H/b28-18-. The van der Waals surface area contributed by atoms with E-state index < -0.39 is 0 Å². The number of hydrogen-bond acceptors (Lipinski definition) is 3. The van der Waals surface area contributed by atoms with E-state index in [1.165, 1.54) is 0 Å². The van der Waals surface area contributed by atoms with Gasteiger partial charge in [0.05, 0.1) is 21.9 Å². The van der Waals surface area contributed by atoms with Crippen LogP contribution in [0.1, 0.15) is 5.56 Å². The lowest BCUT2D eigenvalue weighted by atomic mass is 10.1. The Morgan fingerprint density at radius 3 is 1.77 bits per heavy atom. The lowest BCUT2D eigenvalue weighted by molar-refractivity contribution is 1.28. The molecule has 0 aromatic heterocycles. The summed E-state index contributed by atoms with van der Waals surface area (Å²) in [5.41, 5.74) is 8.00. The minimum atomic E-state index is 0.489. The lowest BCUT2D eigenvalue weighted by Gasteiger charge is -2.25. The number of benzene rings is 4. The van der Waals surface area contributed by atoms with E-state index in [2.05, 4.69) is 51.8 Å². The number of hydrazone groups is 1. The fourth-order valence-corrected chi connectivity index (χ4v) is 3.36. The van der Waals surface area contributed by atoms with Gasteiger partial charge in [0.25, 0.3) is 0 Å². The first-order valence-electron chi connectivity index (χ1n) is 9.45. The van der Waals surface area contributed by atoms with Crippen molar-refractivity contribution in [3.8, 4) is 0 Å². The molecule has 0 aliphatic carbocycles. The molecule has 4 aromatic rings. The van der Waals surface area contributed by atoms with Gasteiger partial charge in [-0.2, -0.15) is 5.10 Å². The number of halogens is 2. The quantitative estimate of drug-likeness (QED) is 0.248. The number of para-hydroxylation sites is 2. The molecule has 4 aromatic carbocycles. The maximum absolute atomic E-state index is 6.03. The van der Waals surface area contributed by atoms with Gasteiger partial charge in [0, 0.05) is 17.1 Å². The van der Waals surface area contributed by atoms with Crippen LogP contribution >= 0.6 is 23.2 Å². The van der Waals surface area contributed by atoms with Crippen LogP contribution in [0.15, 0.2) is 108 Å². The van der Waals surface area contributed by atoms with Gasteiger partial charge in [-0.05, 0) is 60.2 Å². The Hall–Kier alpha value is -3.27. The normalized spacial score (nSPS) is 10.9. The summed E-state index contributed by atoms with van der Waals surface area (Å²) < 4.78 is 0. The van der Waals surface area contributed by atoms with Gasteiger partial charge >= 0.3 is 0 Å². The Morgan fingerprint density at radius 2 is 1.20 bits per heavy atom. The van der Waals surface area contributed by atoms with Crippen LogP contribution in [0, 0.1) is 0 Å². The highest BCUT2D eigenvalue weighted by Crippen LogP contribution is 2.33. The first-order chi connectivity index (χ1) is 14.7. The minimum Gasteiger partial charge on any atom is -0.311 e. The number of hydrogen-bond donors (Lipinski definition) is 1. The van der Waals surface area contributed by atoms with Crippen molar-refractivity contribution in [1.82, 2.24) is 0 Å². The molecule has 148 valence electrons. The summed E-state index contributed by atoms with van der Waals surface area (Å²) in [7, 11) is 0. The van der Waals surface area contributed by atoms with Crippen LogP contribution in [0.4, 0.5) is 22.7 Å². The van der Waals surface area contributed by atoms with Gasteiger partial charge in [-0.1, -0.05) is 71.7 Å². The van der Waals surface area contributed by atoms with Crippen molar-refractivity contribution in [2.45, 2.75) is 0 Å². The van der Waals surface area contributed by atoms with Crippen LogP contribution < -0.4 is 10.3 Å². The molecule has 5 heteroatoms. The highest BCUT2D eigenvalue weighted by atomic mass is 35.5. The average molecular weight is 432 g/mol. The Kier molecular flexibility index (Phi) is 6.33. The van der Waals surface area contributed by atoms with Crippen LogP contribution in [0.2, 0.25) is 10.0 Å². The molecule has 3 nitrogen and oxygen atoms in total. The third-order valence-corrected chi connectivity index (χ3v) is 5.25. The Morgan fingerprint density at radius 1 is 0.633 bits per heavy atom. The summed E-state index contributed by atoms with van der Waals surface area (Å²) in [4.78, 5) is 2.22. The van der Waals surface area contributed by atoms with Crippen molar-refractivity contribution in [2.75, 3.05) is 10.3 Å². The summed E-state index contributed by atoms with van der Waals surface area (Å²) in [5, 5.41) is 5.29. The van der Waals surface area contributed by atoms with Gasteiger partial charge in [0.15, 0.2) is 0 Å². The van der Waals surface area contributed by atoms with E-state index in [1.54, 1.807) is 18.3 Å². The van der Waals surface area contributed by atoms with Crippen molar-refractivity contribution in [1.29, 1.82) is 0 Å². The fourth-order valence-electron chi connectivity index (χ4n) is 3.06. The summed E-state index contributed by atoms with van der Waals surface area (Å²) in [6.07, 6.45) is 1.77. The minimum absolute atomic E-state index is 0.489. The third kappa shape index (κ3) is 4.82. The molecule has 0 heterocycles. The van der Waals surface area contributed by atoms with E-state index in [4.69, 9.17) is 23.2 Å². The fraction of sp³-hybridized carbons (Fsp3) is 0. The molecule has 0 aliphatic rings. The van der Waals surface area contributed by atoms with Crippen LogP contribution in [0.3, 0.4) is 0 Å². The summed E-state index contributed by atoms with van der Waals surface area (Å²) in [6.45, 7) is 0. The van der Waals surface area contributed by atoms with Crippen LogP contribution in [-0.4, -0.2) is 6.21 Å². The molecule has 0 amide bonds. The molecule has 0 atom stereocenters. The predicted octanol–water partition coefficient (Wildman–Crippen LogP) is 7.91. The first kappa shape index (κ1) is 20.0. The summed E-state index contributed by atoms with van der Waals surface area (Å²) in [6, 6.07) is 34.2. The second-order valence-electron chi connectivity index (χ2n) is 6.60. The van der Waals surface area contributed by atoms with Gasteiger partial charge in [-0.15, -0.1) is 0 Å².